The Hall–Kier alpha value is -2.03. The number of phenolic OH excluding ortho intramolecular Hbond substituents is 1. The van der Waals surface area contributed by atoms with E-state index in [-0.39, 0.29) is 5.75 Å². The molecule has 3 nitrogen and oxygen atoms in total. The lowest BCUT2D eigenvalue weighted by Gasteiger charge is -2.09. The van der Waals surface area contributed by atoms with E-state index in [4.69, 9.17) is 4.74 Å². The van der Waals surface area contributed by atoms with Crippen LogP contribution in [0.2, 0.25) is 0 Å². The molecule has 0 saturated carbocycles. The zero-order chi connectivity index (χ0) is 12.3. The molecule has 2 aromatic rings. The predicted molar refractivity (Wildman–Crippen MR) is 66.4 cm³/mol. The van der Waals surface area contributed by atoms with Gasteiger partial charge in [0.1, 0.15) is 11.5 Å². The Morgan fingerprint density at radius 1 is 1.24 bits per heavy atom. The van der Waals surface area contributed by atoms with Crippen LogP contribution < -0.4 is 4.74 Å². The van der Waals surface area contributed by atoms with Crippen LogP contribution in [0.15, 0.2) is 36.5 Å². The molecule has 1 aromatic heterocycles. The number of benzene rings is 1. The van der Waals surface area contributed by atoms with Gasteiger partial charge >= 0.3 is 0 Å². The third-order valence-corrected chi connectivity index (χ3v) is 2.63. The highest BCUT2D eigenvalue weighted by atomic mass is 16.5. The van der Waals surface area contributed by atoms with Crippen LogP contribution in [-0.2, 0) is 6.42 Å². The first-order valence-electron chi connectivity index (χ1n) is 5.46. The Balaban J connectivity index is 2.28. The second-order valence-corrected chi connectivity index (χ2v) is 3.98. The van der Waals surface area contributed by atoms with Crippen LogP contribution in [0.1, 0.15) is 16.8 Å². The first kappa shape index (κ1) is 11.5. The number of phenols is 1. The molecule has 0 atom stereocenters. The molecule has 0 amide bonds. The minimum atomic E-state index is 0.251. The molecule has 1 heterocycles. The van der Waals surface area contributed by atoms with E-state index in [1.54, 1.807) is 25.3 Å². The minimum absolute atomic E-state index is 0.251. The quantitative estimate of drug-likeness (QED) is 0.879. The van der Waals surface area contributed by atoms with Crippen LogP contribution in [0.4, 0.5) is 0 Å². The van der Waals surface area contributed by atoms with Crippen molar-refractivity contribution < 1.29 is 9.84 Å². The van der Waals surface area contributed by atoms with Gasteiger partial charge in [0, 0.05) is 23.9 Å². The highest BCUT2D eigenvalue weighted by Gasteiger charge is 2.05. The van der Waals surface area contributed by atoms with Crippen molar-refractivity contribution in [3.05, 3.63) is 53.3 Å². The first-order chi connectivity index (χ1) is 8.19. The molecular weight excluding hydrogens is 214 g/mol. The van der Waals surface area contributed by atoms with Gasteiger partial charge in [-0.05, 0) is 36.8 Å². The number of aromatic nitrogens is 1. The van der Waals surface area contributed by atoms with E-state index in [1.807, 2.05) is 25.3 Å². The average Bonchev–Trinajstić information content (AvgIpc) is 2.32. The maximum absolute atomic E-state index is 9.48. The lowest BCUT2D eigenvalue weighted by molar-refractivity contribution is 0.407. The summed E-state index contributed by atoms with van der Waals surface area (Å²) in [5.41, 5.74) is 3.05. The molecule has 0 saturated heterocycles. The molecule has 1 aromatic carbocycles. The molecule has 0 fully saturated rings. The Kier molecular flexibility index (Phi) is 3.28. The number of pyridine rings is 1. The molecular formula is C14H15NO2. The van der Waals surface area contributed by atoms with E-state index >= 15 is 0 Å². The number of nitrogens with zero attached hydrogens (tertiary/aromatic N) is 1. The fourth-order valence-corrected chi connectivity index (χ4v) is 1.73. The Morgan fingerprint density at radius 3 is 2.71 bits per heavy atom. The second-order valence-electron chi connectivity index (χ2n) is 3.98. The van der Waals surface area contributed by atoms with Crippen molar-refractivity contribution in [2.45, 2.75) is 13.3 Å². The van der Waals surface area contributed by atoms with Gasteiger partial charge in [0.2, 0.25) is 0 Å². The second kappa shape index (κ2) is 4.87. The van der Waals surface area contributed by atoms with Crippen molar-refractivity contribution in [2.24, 2.45) is 0 Å². The fraction of sp³-hybridized carbons (Fsp3) is 0.214. The number of hydrogen-bond acceptors (Lipinski definition) is 3. The van der Waals surface area contributed by atoms with Crippen LogP contribution >= 0.6 is 0 Å². The predicted octanol–water partition coefficient (Wildman–Crippen LogP) is 2.70. The van der Waals surface area contributed by atoms with Crippen LogP contribution in [0, 0.1) is 6.92 Å². The summed E-state index contributed by atoms with van der Waals surface area (Å²) in [6.45, 7) is 1.96. The van der Waals surface area contributed by atoms with Crippen molar-refractivity contribution in [3.63, 3.8) is 0 Å². The Labute approximate surface area is 101 Å². The maximum Gasteiger partial charge on any atom is 0.122 e. The lowest BCUT2D eigenvalue weighted by Crippen LogP contribution is -1.94. The van der Waals surface area contributed by atoms with Crippen molar-refractivity contribution in [3.8, 4) is 11.5 Å². The molecule has 88 valence electrons. The van der Waals surface area contributed by atoms with Gasteiger partial charge < -0.3 is 9.84 Å². The standard InChI is InChI=1S/C14H15NO2/c1-10-3-4-11(9-15-10)7-12-8-13(16)5-6-14(12)17-2/h3-6,8-9,16H,7H2,1-2H3. The molecule has 3 heteroatoms. The van der Waals surface area contributed by atoms with Crippen molar-refractivity contribution in [2.75, 3.05) is 7.11 Å². The van der Waals surface area contributed by atoms with E-state index in [0.717, 1.165) is 22.6 Å². The maximum atomic E-state index is 9.48. The molecule has 0 radical (unpaired) electrons. The highest BCUT2D eigenvalue weighted by Crippen LogP contribution is 2.25. The molecule has 0 spiro atoms. The van der Waals surface area contributed by atoms with E-state index in [1.165, 1.54) is 0 Å². The van der Waals surface area contributed by atoms with Crippen LogP contribution in [0.3, 0.4) is 0 Å². The topological polar surface area (TPSA) is 42.4 Å². The fourth-order valence-electron chi connectivity index (χ4n) is 1.73. The van der Waals surface area contributed by atoms with Crippen molar-refractivity contribution in [1.82, 2.24) is 4.98 Å². The molecule has 0 aliphatic heterocycles. The van der Waals surface area contributed by atoms with Gasteiger partial charge in [-0.2, -0.15) is 0 Å². The summed E-state index contributed by atoms with van der Waals surface area (Å²) in [7, 11) is 1.63. The summed E-state index contributed by atoms with van der Waals surface area (Å²) < 4.78 is 5.26. The highest BCUT2D eigenvalue weighted by molar-refractivity contribution is 5.42. The van der Waals surface area contributed by atoms with Gasteiger partial charge in [0.05, 0.1) is 7.11 Å². The zero-order valence-electron chi connectivity index (χ0n) is 9.97. The third kappa shape index (κ3) is 2.75. The zero-order valence-corrected chi connectivity index (χ0v) is 9.97. The number of aryl methyl sites for hydroxylation is 1. The van der Waals surface area contributed by atoms with Gasteiger partial charge in [-0.1, -0.05) is 6.07 Å². The van der Waals surface area contributed by atoms with E-state index < -0.39 is 0 Å². The average molecular weight is 229 g/mol. The van der Waals surface area contributed by atoms with Crippen LogP contribution in [0.25, 0.3) is 0 Å². The molecule has 0 aliphatic carbocycles. The summed E-state index contributed by atoms with van der Waals surface area (Å²) in [4.78, 5) is 4.25. The molecule has 17 heavy (non-hydrogen) atoms. The summed E-state index contributed by atoms with van der Waals surface area (Å²) in [5.74, 6) is 1.03. The summed E-state index contributed by atoms with van der Waals surface area (Å²) >= 11 is 0. The van der Waals surface area contributed by atoms with Gasteiger partial charge in [0.15, 0.2) is 0 Å². The van der Waals surface area contributed by atoms with Crippen LogP contribution in [0.5, 0.6) is 11.5 Å². The lowest BCUT2D eigenvalue weighted by atomic mass is 10.1. The van der Waals surface area contributed by atoms with E-state index in [0.29, 0.717) is 6.42 Å². The van der Waals surface area contributed by atoms with Gasteiger partial charge in [0.25, 0.3) is 0 Å². The SMILES string of the molecule is COc1ccc(O)cc1Cc1ccc(C)nc1. The Bertz CT molecular complexity index is 506. The summed E-state index contributed by atoms with van der Waals surface area (Å²) in [6, 6.07) is 9.12. The van der Waals surface area contributed by atoms with Gasteiger partial charge in [-0.3, -0.25) is 4.98 Å². The molecule has 0 aliphatic rings. The number of ether oxygens (including phenoxy) is 1. The number of hydrogen-bond donors (Lipinski definition) is 1. The smallest absolute Gasteiger partial charge is 0.122 e. The summed E-state index contributed by atoms with van der Waals surface area (Å²) in [6.07, 6.45) is 2.55. The number of methoxy groups -OCH3 is 1. The third-order valence-electron chi connectivity index (χ3n) is 2.63. The number of aromatic hydroxyl groups is 1. The minimum Gasteiger partial charge on any atom is -0.508 e. The molecule has 0 bridgehead atoms. The van der Waals surface area contributed by atoms with Crippen molar-refractivity contribution >= 4 is 0 Å². The van der Waals surface area contributed by atoms with Gasteiger partial charge in [-0.15, -0.1) is 0 Å². The monoisotopic (exact) mass is 229 g/mol. The molecule has 2 rings (SSSR count). The van der Waals surface area contributed by atoms with Crippen molar-refractivity contribution in [1.29, 1.82) is 0 Å². The first-order valence-corrected chi connectivity index (χ1v) is 5.46. The summed E-state index contributed by atoms with van der Waals surface area (Å²) in [5, 5.41) is 9.48. The van der Waals surface area contributed by atoms with Gasteiger partial charge in [-0.25, -0.2) is 0 Å². The van der Waals surface area contributed by atoms with Crippen LogP contribution in [-0.4, -0.2) is 17.2 Å². The molecule has 0 unspecified atom stereocenters. The normalized spacial score (nSPS) is 10.2. The van der Waals surface area contributed by atoms with E-state index in [9.17, 15) is 5.11 Å². The molecule has 1 N–H and O–H groups in total. The van der Waals surface area contributed by atoms with E-state index in [2.05, 4.69) is 4.98 Å². The number of rotatable bonds is 3. The largest absolute Gasteiger partial charge is 0.508 e. The Morgan fingerprint density at radius 2 is 2.06 bits per heavy atom.